The zero-order valence-electron chi connectivity index (χ0n) is 18.3. The lowest BCUT2D eigenvalue weighted by Gasteiger charge is -2.38. The van der Waals surface area contributed by atoms with Gasteiger partial charge in [-0.05, 0) is 44.6 Å². The van der Waals surface area contributed by atoms with Gasteiger partial charge in [0, 0.05) is 36.5 Å². The third kappa shape index (κ3) is 4.64. The van der Waals surface area contributed by atoms with Gasteiger partial charge >= 0.3 is 0 Å². The number of halogens is 2. The van der Waals surface area contributed by atoms with Gasteiger partial charge < -0.3 is 10.5 Å². The first-order chi connectivity index (χ1) is 15.5. The number of sulfone groups is 1. The normalized spacial score (nSPS) is 28.5. The summed E-state index contributed by atoms with van der Waals surface area (Å²) >= 11 is 5.98. The number of nitrogens with zero attached hydrogens (tertiary/aromatic N) is 4. The molecule has 2 aromatic heterocycles. The van der Waals surface area contributed by atoms with Crippen molar-refractivity contribution in [1.29, 1.82) is 0 Å². The molecule has 0 aliphatic carbocycles. The van der Waals surface area contributed by atoms with Crippen LogP contribution in [0.4, 0.5) is 10.2 Å². The van der Waals surface area contributed by atoms with Gasteiger partial charge in [0.05, 0.1) is 22.9 Å². The number of hydrogen-bond acceptors (Lipinski definition) is 8. The van der Waals surface area contributed by atoms with Gasteiger partial charge in [0.15, 0.2) is 20.4 Å². The average Bonchev–Trinajstić information content (AvgIpc) is 3.22. The van der Waals surface area contributed by atoms with Crippen LogP contribution in [0.15, 0.2) is 46.7 Å². The minimum atomic E-state index is -3.64. The van der Waals surface area contributed by atoms with Crippen molar-refractivity contribution in [2.75, 3.05) is 19.0 Å². The summed E-state index contributed by atoms with van der Waals surface area (Å²) in [5, 5.41) is 1.30. The van der Waals surface area contributed by atoms with Crippen LogP contribution in [-0.4, -0.2) is 65.4 Å². The number of hydrogen-bond donors (Lipinski definition) is 1. The van der Waals surface area contributed by atoms with Crippen LogP contribution in [-0.2, 0) is 14.6 Å². The highest BCUT2D eigenvalue weighted by atomic mass is 35.5. The summed E-state index contributed by atoms with van der Waals surface area (Å²) in [5.41, 5.74) is 6.01. The Morgan fingerprint density at radius 3 is 2.94 bits per heavy atom. The van der Waals surface area contributed by atoms with Crippen molar-refractivity contribution in [3.63, 3.8) is 0 Å². The van der Waals surface area contributed by atoms with Gasteiger partial charge in [-0.15, -0.1) is 0 Å². The van der Waals surface area contributed by atoms with E-state index in [9.17, 15) is 12.8 Å². The molecule has 0 aromatic carbocycles. The smallest absolute Gasteiger partial charge is 0.178 e. The Kier molecular flexibility index (Phi) is 6.28. The van der Waals surface area contributed by atoms with E-state index in [2.05, 4.69) is 20.0 Å². The van der Waals surface area contributed by atoms with E-state index in [1.54, 1.807) is 32.2 Å². The molecule has 4 rings (SSSR count). The molecular formula is C22H25ClFN5O3S. The van der Waals surface area contributed by atoms with E-state index in [1.165, 1.54) is 18.3 Å². The van der Waals surface area contributed by atoms with Crippen LogP contribution >= 0.6 is 11.6 Å². The first-order valence-corrected chi connectivity index (χ1v) is 12.5. The van der Waals surface area contributed by atoms with Crippen molar-refractivity contribution in [2.24, 2.45) is 15.7 Å². The van der Waals surface area contributed by atoms with Crippen molar-refractivity contribution in [3.05, 3.63) is 41.7 Å². The summed E-state index contributed by atoms with van der Waals surface area (Å²) in [5.74, 6) is 0.130. The maximum atomic E-state index is 14.9. The van der Waals surface area contributed by atoms with Gasteiger partial charge in [-0.25, -0.2) is 22.8 Å². The largest absolute Gasteiger partial charge is 0.386 e. The molecule has 0 amide bonds. The van der Waals surface area contributed by atoms with Crippen LogP contribution in [0, 0.1) is 0 Å². The maximum Gasteiger partial charge on any atom is 0.178 e. The number of fused-ring (bicyclic) bond motifs is 1. The molecule has 8 nitrogen and oxygen atoms in total. The average molecular weight is 494 g/mol. The first kappa shape index (κ1) is 23.7. The summed E-state index contributed by atoms with van der Waals surface area (Å²) in [7, 11) is -3.64. The van der Waals surface area contributed by atoms with E-state index in [4.69, 9.17) is 22.1 Å². The lowest BCUT2D eigenvalue weighted by molar-refractivity contribution is 0.194. The molecule has 11 heteroatoms. The van der Waals surface area contributed by atoms with Crippen molar-refractivity contribution in [2.45, 2.75) is 43.1 Å². The van der Waals surface area contributed by atoms with E-state index in [-0.39, 0.29) is 31.0 Å². The Balaban J connectivity index is 1.50. The van der Waals surface area contributed by atoms with E-state index >= 15 is 0 Å². The summed E-state index contributed by atoms with van der Waals surface area (Å²) < 4.78 is 44.8. The standard InChI is InChI=1S/C22H25ClFN5O3S/c1-14(28-19-18-15(5-7-26-19)9-16(23)11-27-18)3-4-17(24)10-21(2)13-33(30,31)22(20(25)29-21)6-8-32-12-22/h3-5,7,9,11,17H,6,8,10,12-13H2,1-2H3,(H2,25,29)/b4-3-,28-14?. The molecule has 3 unspecified atom stereocenters. The number of aromatic nitrogens is 2. The van der Waals surface area contributed by atoms with E-state index in [0.29, 0.717) is 28.7 Å². The lowest BCUT2D eigenvalue weighted by atomic mass is 9.95. The number of pyridine rings is 2. The van der Waals surface area contributed by atoms with Crippen LogP contribution in [0.1, 0.15) is 26.7 Å². The topological polar surface area (TPSA) is 120 Å². The van der Waals surface area contributed by atoms with Crippen molar-refractivity contribution >= 4 is 49.7 Å². The monoisotopic (exact) mass is 493 g/mol. The van der Waals surface area contributed by atoms with Gasteiger partial charge in [0.1, 0.15) is 17.5 Å². The molecule has 0 radical (unpaired) electrons. The Bertz CT molecular complexity index is 1270. The van der Waals surface area contributed by atoms with E-state index in [1.807, 2.05) is 0 Å². The van der Waals surface area contributed by atoms with Gasteiger partial charge in [-0.2, -0.15) is 0 Å². The predicted octanol–water partition coefficient (Wildman–Crippen LogP) is 3.36. The van der Waals surface area contributed by atoms with Crippen molar-refractivity contribution < 1.29 is 17.5 Å². The van der Waals surface area contributed by atoms with Gasteiger partial charge in [0.2, 0.25) is 0 Å². The Hall–Kier alpha value is -2.43. The van der Waals surface area contributed by atoms with Crippen molar-refractivity contribution in [1.82, 2.24) is 9.97 Å². The maximum absolute atomic E-state index is 14.9. The van der Waals surface area contributed by atoms with Gasteiger partial charge in [-0.3, -0.25) is 9.98 Å². The fourth-order valence-electron chi connectivity index (χ4n) is 4.27. The molecule has 33 heavy (non-hydrogen) atoms. The van der Waals surface area contributed by atoms with E-state index < -0.39 is 26.3 Å². The summed E-state index contributed by atoms with van der Waals surface area (Å²) in [4.78, 5) is 17.4. The number of allylic oxidation sites excluding steroid dienone is 2. The summed E-state index contributed by atoms with van der Waals surface area (Å²) in [6.07, 6.45) is 4.68. The second-order valence-electron chi connectivity index (χ2n) is 8.74. The van der Waals surface area contributed by atoms with Crippen molar-refractivity contribution in [3.8, 4) is 0 Å². The van der Waals surface area contributed by atoms with Crippen LogP contribution < -0.4 is 5.73 Å². The number of rotatable bonds is 5. The quantitative estimate of drug-likeness (QED) is 0.637. The minimum absolute atomic E-state index is 0.00136. The van der Waals surface area contributed by atoms with E-state index in [0.717, 1.165) is 5.39 Å². The molecule has 1 spiro atoms. The first-order valence-electron chi connectivity index (χ1n) is 10.5. The Labute approximate surface area is 196 Å². The van der Waals surface area contributed by atoms with Crippen LogP contribution in [0.3, 0.4) is 0 Å². The molecule has 176 valence electrons. The zero-order valence-corrected chi connectivity index (χ0v) is 19.9. The fourth-order valence-corrected chi connectivity index (χ4v) is 6.73. The number of ether oxygens (including phenoxy) is 1. The Morgan fingerprint density at radius 2 is 2.24 bits per heavy atom. The molecular weight excluding hydrogens is 469 g/mol. The highest BCUT2D eigenvalue weighted by molar-refractivity contribution is 7.93. The molecule has 2 N–H and O–H groups in total. The zero-order chi connectivity index (χ0) is 23.9. The van der Waals surface area contributed by atoms with Gasteiger partial charge in [0.25, 0.3) is 0 Å². The summed E-state index contributed by atoms with van der Waals surface area (Å²) in [6.45, 7) is 3.64. The number of nitrogens with two attached hydrogens (primary N) is 1. The molecule has 0 saturated carbocycles. The lowest BCUT2D eigenvalue weighted by Crippen LogP contribution is -2.59. The highest BCUT2D eigenvalue weighted by Gasteiger charge is 2.56. The van der Waals surface area contributed by atoms with Gasteiger partial charge in [-0.1, -0.05) is 11.6 Å². The second-order valence-corrected chi connectivity index (χ2v) is 11.5. The molecule has 3 atom stereocenters. The number of aliphatic imine (C=N–C) groups is 2. The number of amidine groups is 1. The molecule has 2 aliphatic heterocycles. The summed E-state index contributed by atoms with van der Waals surface area (Å²) in [6, 6.07) is 3.54. The fraction of sp³-hybridized carbons (Fsp3) is 0.455. The predicted molar refractivity (Wildman–Crippen MR) is 128 cm³/mol. The second kappa shape index (κ2) is 8.73. The molecule has 1 fully saturated rings. The molecule has 1 saturated heterocycles. The van der Waals surface area contributed by atoms with Crippen LogP contribution in [0.25, 0.3) is 10.9 Å². The minimum Gasteiger partial charge on any atom is -0.386 e. The van der Waals surface area contributed by atoms with Crippen LogP contribution in [0.5, 0.6) is 0 Å². The molecule has 4 heterocycles. The molecule has 0 bridgehead atoms. The molecule has 2 aromatic rings. The Morgan fingerprint density at radius 1 is 1.45 bits per heavy atom. The SMILES string of the molecule is CC(/C=C\C(F)CC1(C)CS(=O)(=O)C2(CCOC2)C(N)=N1)=Nc1nccc2cc(Cl)cnc12. The third-order valence-corrected chi connectivity index (χ3v) is 8.88. The van der Waals surface area contributed by atoms with Crippen LogP contribution in [0.2, 0.25) is 5.02 Å². The number of alkyl halides is 1. The third-order valence-electron chi connectivity index (χ3n) is 5.95. The highest BCUT2D eigenvalue weighted by Crippen LogP contribution is 2.38. The molecule has 2 aliphatic rings.